The van der Waals surface area contributed by atoms with Crippen molar-refractivity contribution in [1.29, 1.82) is 0 Å². The molecule has 1 rings (SSSR count). The summed E-state index contributed by atoms with van der Waals surface area (Å²) in [6.07, 6.45) is 0.507. The van der Waals surface area contributed by atoms with E-state index in [-0.39, 0.29) is 11.7 Å². The van der Waals surface area contributed by atoms with E-state index in [1.165, 1.54) is 12.1 Å². The summed E-state index contributed by atoms with van der Waals surface area (Å²) >= 11 is 0. The number of hydrogen-bond donors (Lipinski definition) is 1. The van der Waals surface area contributed by atoms with Gasteiger partial charge in [0.05, 0.1) is 6.61 Å². The Balaban J connectivity index is 2.81. The highest BCUT2D eigenvalue weighted by molar-refractivity contribution is 5.79. The molecule has 0 bridgehead atoms. The molecule has 4 nitrogen and oxygen atoms in total. The van der Waals surface area contributed by atoms with Gasteiger partial charge in [-0.15, -0.1) is 0 Å². The van der Waals surface area contributed by atoms with Crippen molar-refractivity contribution in [1.82, 2.24) is 0 Å². The van der Waals surface area contributed by atoms with Gasteiger partial charge in [-0.25, -0.2) is 4.79 Å². The molecule has 0 aliphatic carbocycles. The number of ether oxygens (including phenoxy) is 2. The van der Waals surface area contributed by atoms with Crippen LogP contribution in [0.2, 0.25) is 0 Å². The molecule has 0 amide bonds. The zero-order valence-electron chi connectivity index (χ0n) is 10.4. The fourth-order valence-corrected chi connectivity index (χ4v) is 1.32. The van der Waals surface area contributed by atoms with Crippen LogP contribution in [0.1, 0.15) is 27.2 Å². The number of aromatic hydroxyl groups is 1. The van der Waals surface area contributed by atoms with Crippen LogP contribution in [-0.4, -0.2) is 23.3 Å². The van der Waals surface area contributed by atoms with Gasteiger partial charge in [0.15, 0.2) is 0 Å². The second kappa shape index (κ2) is 5.57. The highest BCUT2D eigenvalue weighted by Gasteiger charge is 2.35. The van der Waals surface area contributed by atoms with Gasteiger partial charge in [0.25, 0.3) is 0 Å². The van der Waals surface area contributed by atoms with Crippen molar-refractivity contribution < 1.29 is 19.4 Å². The molecule has 0 heterocycles. The number of phenolic OH excluding ortho intramolecular Hbond substituents is 1. The van der Waals surface area contributed by atoms with Crippen molar-refractivity contribution >= 4 is 5.97 Å². The molecular weight excluding hydrogens is 220 g/mol. The number of hydrogen-bond acceptors (Lipinski definition) is 4. The third kappa shape index (κ3) is 3.37. The first-order valence-electron chi connectivity index (χ1n) is 5.67. The Labute approximate surface area is 101 Å². The van der Waals surface area contributed by atoms with Gasteiger partial charge in [0.2, 0.25) is 5.60 Å². The molecule has 1 aromatic carbocycles. The molecule has 1 unspecified atom stereocenters. The zero-order valence-corrected chi connectivity index (χ0v) is 10.4. The molecule has 0 aromatic heterocycles. The zero-order chi connectivity index (χ0) is 12.9. The Bertz CT molecular complexity index is 372. The first-order valence-corrected chi connectivity index (χ1v) is 5.67. The quantitative estimate of drug-likeness (QED) is 0.801. The summed E-state index contributed by atoms with van der Waals surface area (Å²) < 4.78 is 10.6. The topological polar surface area (TPSA) is 55.8 Å². The maximum absolute atomic E-state index is 11.8. The minimum atomic E-state index is -0.993. The largest absolute Gasteiger partial charge is 0.508 e. The maximum Gasteiger partial charge on any atom is 0.350 e. The molecule has 0 spiro atoms. The monoisotopic (exact) mass is 238 g/mol. The van der Waals surface area contributed by atoms with Crippen molar-refractivity contribution in [2.24, 2.45) is 0 Å². The number of rotatable bonds is 5. The van der Waals surface area contributed by atoms with Gasteiger partial charge in [-0.2, -0.15) is 0 Å². The fraction of sp³-hybridized carbons (Fsp3) is 0.462. The second-order valence-corrected chi connectivity index (χ2v) is 3.90. The Morgan fingerprint density at radius 1 is 1.29 bits per heavy atom. The van der Waals surface area contributed by atoms with Crippen molar-refractivity contribution in [3.8, 4) is 11.5 Å². The molecular formula is C13H18O4. The van der Waals surface area contributed by atoms with Crippen LogP contribution in [-0.2, 0) is 9.53 Å². The summed E-state index contributed by atoms with van der Waals surface area (Å²) in [6.45, 7) is 5.64. The number of carbonyl (C=O) groups is 1. The van der Waals surface area contributed by atoms with Gasteiger partial charge < -0.3 is 14.6 Å². The first-order chi connectivity index (χ1) is 8.01. The van der Waals surface area contributed by atoms with Gasteiger partial charge in [0.1, 0.15) is 11.5 Å². The van der Waals surface area contributed by atoms with Crippen LogP contribution < -0.4 is 4.74 Å². The average Bonchev–Trinajstić information content (AvgIpc) is 2.32. The second-order valence-electron chi connectivity index (χ2n) is 3.90. The lowest BCUT2D eigenvalue weighted by molar-refractivity contribution is -0.160. The van der Waals surface area contributed by atoms with Crippen LogP contribution in [0.5, 0.6) is 11.5 Å². The van der Waals surface area contributed by atoms with E-state index < -0.39 is 5.60 Å². The molecule has 17 heavy (non-hydrogen) atoms. The Hall–Kier alpha value is -1.71. The summed E-state index contributed by atoms with van der Waals surface area (Å²) in [4.78, 5) is 11.8. The number of esters is 1. The third-order valence-corrected chi connectivity index (χ3v) is 2.56. The van der Waals surface area contributed by atoms with Crippen LogP contribution in [0.15, 0.2) is 24.3 Å². The van der Waals surface area contributed by atoms with Gasteiger partial charge in [-0.1, -0.05) is 6.92 Å². The highest BCUT2D eigenvalue weighted by atomic mass is 16.6. The van der Waals surface area contributed by atoms with E-state index in [2.05, 4.69) is 0 Å². The smallest absolute Gasteiger partial charge is 0.350 e. The normalized spacial score (nSPS) is 13.8. The lowest BCUT2D eigenvalue weighted by atomic mass is 10.0. The SMILES string of the molecule is CCOC(=O)C(C)(CC)Oc1ccc(O)cc1. The molecule has 1 aromatic rings. The molecule has 0 fully saturated rings. The molecule has 0 aliphatic heterocycles. The summed E-state index contributed by atoms with van der Waals surface area (Å²) in [6, 6.07) is 6.25. The van der Waals surface area contributed by atoms with E-state index in [0.29, 0.717) is 18.8 Å². The summed E-state index contributed by atoms with van der Waals surface area (Å²) in [5.74, 6) is 0.308. The predicted molar refractivity (Wildman–Crippen MR) is 64.1 cm³/mol. The molecule has 0 aliphatic rings. The Kier molecular flexibility index (Phi) is 4.37. The number of carbonyl (C=O) groups excluding carboxylic acids is 1. The summed E-state index contributed by atoms with van der Waals surface area (Å²) in [5.41, 5.74) is -0.993. The van der Waals surface area contributed by atoms with E-state index in [1.807, 2.05) is 6.92 Å². The van der Waals surface area contributed by atoms with Crippen molar-refractivity contribution in [3.05, 3.63) is 24.3 Å². The van der Waals surface area contributed by atoms with Crippen LogP contribution >= 0.6 is 0 Å². The van der Waals surface area contributed by atoms with E-state index in [4.69, 9.17) is 14.6 Å². The molecule has 0 saturated heterocycles. The van der Waals surface area contributed by atoms with Crippen LogP contribution in [0.4, 0.5) is 0 Å². The van der Waals surface area contributed by atoms with Crippen LogP contribution in [0.25, 0.3) is 0 Å². The third-order valence-electron chi connectivity index (χ3n) is 2.56. The lowest BCUT2D eigenvalue weighted by Crippen LogP contribution is -2.42. The fourth-order valence-electron chi connectivity index (χ4n) is 1.32. The molecule has 0 saturated carbocycles. The van der Waals surface area contributed by atoms with Crippen LogP contribution in [0, 0.1) is 0 Å². The molecule has 94 valence electrons. The number of benzene rings is 1. The van der Waals surface area contributed by atoms with E-state index in [0.717, 1.165) is 0 Å². The van der Waals surface area contributed by atoms with Gasteiger partial charge in [-0.05, 0) is 44.5 Å². The van der Waals surface area contributed by atoms with Crippen LogP contribution in [0.3, 0.4) is 0 Å². The summed E-state index contributed by atoms with van der Waals surface area (Å²) in [5, 5.41) is 9.16. The van der Waals surface area contributed by atoms with Gasteiger partial charge in [0, 0.05) is 0 Å². The van der Waals surface area contributed by atoms with Crippen molar-refractivity contribution in [2.45, 2.75) is 32.8 Å². The standard InChI is InChI=1S/C13H18O4/c1-4-13(3,12(15)16-5-2)17-11-8-6-10(14)7-9-11/h6-9,14H,4-5H2,1-3H3. The molecule has 0 radical (unpaired) electrons. The average molecular weight is 238 g/mol. The number of phenols is 1. The van der Waals surface area contributed by atoms with Gasteiger partial charge >= 0.3 is 5.97 Å². The predicted octanol–water partition coefficient (Wildman–Crippen LogP) is 2.50. The van der Waals surface area contributed by atoms with Crippen molar-refractivity contribution in [2.75, 3.05) is 6.61 Å². The lowest BCUT2D eigenvalue weighted by Gasteiger charge is -2.27. The molecule has 1 atom stereocenters. The van der Waals surface area contributed by atoms with Crippen molar-refractivity contribution in [3.63, 3.8) is 0 Å². The van der Waals surface area contributed by atoms with E-state index >= 15 is 0 Å². The first kappa shape index (κ1) is 13.4. The molecule has 4 heteroatoms. The minimum Gasteiger partial charge on any atom is -0.508 e. The minimum absolute atomic E-state index is 0.159. The van der Waals surface area contributed by atoms with E-state index in [9.17, 15) is 4.79 Å². The highest BCUT2D eigenvalue weighted by Crippen LogP contribution is 2.24. The van der Waals surface area contributed by atoms with E-state index in [1.54, 1.807) is 26.0 Å². The Morgan fingerprint density at radius 2 is 1.88 bits per heavy atom. The van der Waals surface area contributed by atoms with Gasteiger partial charge in [-0.3, -0.25) is 0 Å². The Morgan fingerprint density at radius 3 is 2.35 bits per heavy atom. The summed E-state index contributed by atoms with van der Waals surface area (Å²) in [7, 11) is 0. The molecule has 1 N–H and O–H groups in total. The maximum atomic E-state index is 11.8.